The minimum atomic E-state index is -1.05. The first kappa shape index (κ1) is 25.2. The molecule has 0 spiro atoms. The molecule has 1 aliphatic rings. The summed E-state index contributed by atoms with van der Waals surface area (Å²) in [7, 11) is 1.41. The Morgan fingerprint density at radius 2 is 1.92 bits per heavy atom. The minimum Gasteiger partial charge on any atom is -0.469 e. The van der Waals surface area contributed by atoms with Crippen molar-refractivity contribution in [1.82, 2.24) is 14.7 Å². The van der Waals surface area contributed by atoms with E-state index < -0.39 is 5.67 Å². The van der Waals surface area contributed by atoms with Gasteiger partial charge in [0.1, 0.15) is 11.4 Å². The van der Waals surface area contributed by atoms with Crippen molar-refractivity contribution in [2.24, 2.45) is 5.92 Å². The number of esters is 1. The molecule has 5 rings (SSSR count). The third kappa shape index (κ3) is 5.31. The molecular formula is C30H34FN3O3. The Kier molecular flexibility index (Phi) is 6.88. The Morgan fingerprint density at radius 3 is 2.57 bits per heavy atom. The second-order valence-electron chi connectivity index (χ2n) is 10.6. The second kappa shape index (κ2) is 10.1. The van der Waals surface area contributed by atoms with Crippen LogP contribution in [-0.2, 0) is 22.5 Å². The number of hydrogen-bond donors (Lipinski definition) is 0. The Morgan fingerprint density at radius 1 is 1.19 bits per heavy atom. The fraction of sp³-hybridized carbons (Fsp3) is 0.433. The van der Waals surface area contributed by atoms with Crippen LogP contribution in [0.2, 0.25) is 0 Å². The first-order chi connectivity index (χ1) is 17.7. The number of carbonyl (C=O) groups excluding carboxylic acids is 1. The van der Waals surface area contributed by atoms with Crippen LogP contribution in [0.4, 0.5) is 4.39 Å². The standard InChI is InChI=1S/C30H34FN3O3/c1-19-28(20(2)37-33-19)24-15-26-29(32-16-24)25(18-34(26)17-22-11-13-30(3,31)14-12-22)23-8-5-21(6-9-23)7-10-27(35)36-4/h5-6,8-9,15-16,18,22H,7,10-14,17H2,1-4H3. The third-order valence-electron chi connectivity index (χ3n) is 7.75. The first-order valence-corrected chi connectivity index (χ1v) is 13.0. The molecule has 7 heteroatoms. The van der Waals surface area contributed by atoms with E-state index in [0.29, 0.717) is 31.6 Å². The maximum atomic E-state index is 14.4. The number of ether oxygens (including phenoxy) is 1. The van der Waals surface area contributed by atoms with Crippen molar-refractivity contribution in [3.8, 4) is 22.3 Å². The molecule has 0 bridgehead atoms. The minimum absolute atomic E-state index is 0.207. The van der Waals surface area contributed by atoms with Crippen LogP contribution in [0, 0.1) is 19.8 Å². The van der Waals surface area contributed by atoms with Crippen LogP contribution in [0.25, 0.3) is 33.3 Å². The van der Waals surface area contributed by atoms with E-state index in [1.807, 2.05) is 20.0 Å². The lowest BCUT2D eigenvalue weighted by Gasteiger charge is -2.31. The number of halogens is 1. The summed E-state index contributed by atoms with van der Waals surface area (Å²) in [6, 6.07) is 10.5. The number of fused-ring (bicyclic) bond motifs is 1. The van der Waals surface area contributed by atoms with Crippen LogP contribution in [0.3, 0.4) is 0 Å². The summed E-state index contributed by atoms with van der Waals surface area (Å²) in [5.41, 5.74) is 6.96. The summed E-state index contributed by atoms with van der Waals surface area (Å²) in [5.74, 6) is 0.992. The molecule has 3 aromatic heterocycles. The number of hydrogen-bond acceptors (Lipinski definition) is 5. The number of carbonyl (C=O) groups is 1. The molecule has 1 fully saturated rings. The summed E-state index contributed by atoms with van der Waals surface area (Å²) in [6.45, 7) is 6.41. The van der Waals surface area contributed by atoms with Crippen molar-refractivity contribution in [2.45, 2.75) is 71.5 Å². The van der Waals surface area contributed by atoms with Crippen molar-refractivity contribution in [1.29, 1.82) is 0 Å². The zero-order valence-electron chi connectivity index (χ0n) is 22.0. The van der Waals surface area contributed by atoms with Crippen LogP contribution >= 0.6 is 0 Å². The summed E-state index contributed by atoms with van der Waals surface area (Å²) in [4.78, 5) is 16.4. The van der Waals surface area contributed by atoms with E-state index in [2.05, 4.69) is 46.3 Å². The van der Waals surface area contributed by atoms with Crippen molar-refractivity contribution in [3.05, 3.63) is 59.7 Å². The monoisotopic (exact) mass is 503 g/mol. The van der Waals surface area contributed by atoms with Crippen LogP contribution in [0.5, 0.6) is 0 Å². The van der Waals surface area contributed by atoms with Gasteiger partial charge in [-0.05, 0) is 76.0 Å². The quantitative estimate of drug-likeness (QED) is 0.254. The van der Waals surface area contributed by atoms with Crippen LogP contribution in [0.1, 0.15) is 56.0 Å². The SMILES string of the molecule is COC(=O)CCc1ccc(-c2cn(CC3CCC(C)(F)CC3)c3cc(-c4c(C)noc4C)cnc23)cc1. The van der Waals surface area contributed by atoms with Gasteiger partial charge in [-0.2, -0.15) is 0 Å². The van der Waals surface area contributed by atoms with Crippen LogP contribution < -0.4 is 0 Å². The van der Waals surface area contributed by atoms with Crippen molar-refractivity contribution in [3.63, 3.8) is 0 Å². The molecule has 0 radical (unpaired) electrons. The molecule has 1 saturated carbocycles. The Balaban J connectivity index is 1.51. The number of aryl methyl sites for hydroxylation is 3. The van der Waals surface area contributed by atoms with Crippen molar-refractivity contribution < 1.29 is 18.4 Å². The third-order valence-corrected chi connectivity index (χ3v) is 7.75. The van der Waals surface area contributed by atoms with Gasteiger partial charge in [0.05, 0.1) is 23.8 Å². The lowest BCUT2D eigenvalue weighted by molar-refractivity contribution is -0.140. The normalized spacial score (nSPS) is 19.9. The maximum absolute atomic E-state index is 14.4. The lowest BCUT2D eigenvalue weighted by Crippen LogP contribution is -2.27. The van der Waals surface area contributed by atoms with Gasteiger partial charge < -0.3 is 13.8 Å². The number of methoxy groups -OCH3 is 1. The number of benzene rings is 1. The molecular weight excluding hydrogens is 469 g/mol. The average Bonchev–Trinajstić information content (AvgIpc) is 3.42. The fourth-order valence-corrected chi connectivity index (χ4v) is 5.50. The molecule has 0 aliphatic heterocycles. The van der Waals surface area contributed by atoms with E-state index in [1.54, 1.807) is 6.92 Å². The molecule has 37 heavy (non-hydrogen) atoms. The van der Waals surface area contributed by atoms with E-state index in [4.69, 9.17) is 14.2 Å². The number of aromatic nitrogens is 3. The van der Waals surface area contributed by atoms with E-state index >= 15 is 0 Å². The van der Waals surface area contributed by atoms with Crippen molar-refractivity contribution in [2.75, 3.05) is 7.11 Å². The van der Waals surface area contributed by atoms with Gasteiger partial charge in [0, 0.05) is 42.0 Å². The van der Waals surface area contributed by atoms with E-state index in [0.717, 1.165) is 69.7 Å². The Hall–Kier alpha value is -3.48. The van der Waals surface area contributed by atoms with Gasteiger partial charge in [0.15, 0.2) is 0 Å². The Labute approximate surface area is 216 Å². The summed E-state index contributed by atoms with van der Waals surface area (Å²) < 4.78 is 26.9. The zero-order chi connectivity index (χ0) is 26.2. The summed E-state index contributed by atoms with van der Waals surface area (Å²) in [6.07, 6.45) is 8.06. The topological polar surface area (TPSA) is 70.2 Å². The van der Waals surface area contributed by atoms with E-state index in [9.17, 15) is 9.18 Å². The average molecular weight is 504 g/mol. The molecule has 0 unspecified atom stereocenters. The van der Waals surface area contributed by atoms with Gasteiger partial charge >= 0.3 is 5.97 Å². The maximum Gasteiger partial charge on any atom is 0.305 e. The number of rotatable bonds is 7. The number of pyridine rings is 1. The second-order valence-corrected chi connectivity index (χ2v) is 10.6. The predicted molar refractivity (Wildman–Crippen MR) is 142 cm³/mol. The van der Waals surface area contributed by atoms with Gasteiger partial charge in [-0.25, -0.2) is 4.39 Å². The van der Waals surface area contributed by atoms with Crippen molar-refractivity contribution >= 4 is 17.0 Å². The Bertz CT molecular complexity index is 1390. The molecule has 1 aliphatic carbocycles. The predicted octanol–water partition coefficient (Wildman–Crippen LogP) is 7.00. The summed E-state index contributed by atoms with van der Waals surface area (Å²) in [5, 5.41) is 4.12. The molecule has 0 saturated heterocycles. The number of alkyl halides is 1. The molecule has 194 valence electrons. The lowest BCUT2D eigenvalue weighted by atomic mass is 9.81. The highest BCUT2D eigenvalue weighted by Crippen LogP contribution is 2.38. The number of nitrogens with zero attached hydrogens (tertiary/aromatic N) is 3. The van der Waals surface area contributed by atoms with Gasteiger partial charge in [0.2, 0.25) is 0 Å². The zero-order valence-corrected chi connectivity index (χ0v) is 22.0. The molecule has 1 aromatic carbocycles. The van der Waals surface area contributed by atoms with Gasteiger partial charge in [-0.3, -0.25) is 9.78 Å². The van der Waals surface area contributed by atoms with Gasteiger partial charge in [-0.1, -0.05) is 29.4 Å². The van der Waals surface area contributed by atoms with Gasteiger partial charge in [0.25, 0.3) is 0 Å². The van der Waals surface area contributed by atoms with Gasteiger partial charge in [-0.15, -0.1) is 0 Å². The fourth-order valence-electron chi connectivity index (χ4n) is 5.50. The molecule has 3 heterocycles. The highest BCUT2D eigenvalue weighted by atomic mass is 19.1. The molecule has 0 amide bonds. The molecule has 0 atom stereocenters. The van der Waals surface area contributed by atoms with Crippen LogP contribution in [-0.4, -0.2) is 33.5 Å². The largest absolute Gasteiger partial charge is 0.469 e. The van der Waals surface area contributed by atoms with E-state index in [-0.39, 0.29) is 5.97 Å². The molecule has 0 N–H and O–H groups in total. The highest BCUT2D eigenvalue weighted by Gasteiger charge is 2.31. The summed E-state index contributed by atoms with van der Waals surface area (Å²) >= 11 is 0. The smallest absolute Gasteiger partial charge is 0.305 e. The first-order valence-electron chi connectivity index (χ1n) is 13.0. The highest BCUT2D eigenvalue weighted by molar-refractivity contribution is 5.95. The van der Waals surface area contributed by atoms with E-state index in [1.165, 1.54) is 7.11 Å². The van der Waals surface area contributed by atoms with Crippen LogP contribution in [0.15, 0.2) is 47.2 Å². The molecule has 6 nitrogen and oxygen atoms in total. The molecule has 4 aromatic rings.